The highest BCUT2D eigenvalue weighted by atomic mass is 35.5. The van der Waals surface area contributed by atoms with Gasteiger partial charge in [-0.25, -0.2) is 22.5 Å². The maximum absolute atomic E-state index is 15.8. The van der Waals surface area contributed by atoms with Crippen molar-refractivity contribution in [2.24, 2.45) is 5.41 Å². The molecule has 4 aliphatic heterocycles. The van der Waals surface area contributed by atoms with Crippen molar-refractivity contribution in [1.29, 1.82) is 0 Å². The Kier molecular flexibility index (Phi) is 15.8. The van der Waals surface area contributed by atoms with Crippen molar-refractivity contribution in [3.8, 4) is 11.8 Å². The fraction of sp³-hybridized carbons (Fsp3) is 0.500. The quantitative estimate of drug-likeness (QED) is 0.122. The molecule has 396 valence electrons. The summed E-state index contributed by atoms with van der Waals surface area (Å²) in [6.45, 7) is 12.0. The van der Waals surface area contributed by atoms with E-state index in [1.807, 2.05) is 41.3 Å². The number of aromatic amines is 1. The number of benzene rings is 2. The van der Waals surface area contributed by atoms with Gasteiger partial charge in [-0.3, -0.25) is 9.69 Å². The summed E-state index contributed by atoms with van der Waals surface area (Å²) >= 11 is 12.9. The van der Waals surface area contributed by atoms with Gasteiger partial charge in [-0.15, -0.1) is 0 Å². The van der Waals surface area contributed by atoms with Crippen LogP contribution in [0, 0.1) is 5.41 Å². The van der Waals surface area contributed by atoms with E-state index < -0.39 is 21.6 Å². The minimum atomic E-state index is -4.54. The van der Waals surface area contributed by atoms with E-state index in [4.69, 9.17) is 51.9 Å². The number of carbonyl (C=O) groups is 1. The Morgan fingerprint density at radius 2 is 1.80 bits per heavy atom. The van der Waals surface area contributed by atoms with Crippen molar-refractivity contribution in [2.45, 2.75) is 75.1 Å². The lowest BCUT2D eigenvalue weighted by molar-refractivity contribution is 0.00999. The van der Waals surface area contributed by atoms with Crippen LogP contribution < -0.4 is 24.0 Å². The van der Waals surface area contributed by atoms with Gasteiger partial charge in [-0.2, -0.15) is 4.98 Å². The lowest BCUT2D eigenvalue weighted by atomic mass is 9.71. The topological polar surface area (TPSA) is 164 Å². The second kappa shape index (κ2) is 22.3. The lowest BCUT2D eigenvalue weighted by Gasteiger charge is -2.45. The number of nitrogens with one attached hydrogen (secondary N) is 2. The van der Waals surface area contributed by atoms with E-state index >= 15 is 4.39 Å². The number of halogens is 3. The van der Waals surface area contributed by atoms with Crippen LogP contribution in [0.15, 0.2) is 83.5 Å². The molecule has 1 aliphatic carbocycles. The molecule has 2 aromatic carbocycles. The number of H-pyrrole nitrogens is 1. The minimum Gasteiger partial charge on any atom is -0.476 e. The largest absolute Gasteiger partial charge is 0.476 e. The average molecular weight is 1080 g/mol. The number of pyridine rings is 2. The zero-order valence-electron chi connectivity index (χ0n) is 42.2. The Labute approximate surface area is 442 Å². The Morgan fingerprint density at radius 1 is 0.973 bits per heavy atom. The number of hydrogen-bond donors (Lipinski definition) is 2. The number of rotatable bonds is 12. The second-order valence-electron chi connectivity index (χ2n) is 20.9. The molecule has 0 bridgehead atoms. The Bertz CT molecular complexity index is 2970. The molecule has 3 saturated heterocycles. The second-order valence-corrected chi connectivity index (χ2v) is 23.4. The number of ether oxygens (including phenoxy) is 5. The van der Waals surface area contributed by atoms with Gasteiger partial charge in [0.1, 0.15) is 33.5 Å². The number of allylic oxidation sites excluding steroid dienone is 1. The van der Waals surface area contributed by atoms with Crippen LogP contribution in [0.2, 0.25) is 10.0 Å². The predicted molar refractivity (Wildman–Crippen MR) is 285 cm³/mol. The molecule has 1 amide bonds. The normalized spacial score (nSPS) is 21.9. The first kappa shape index (κ1) is 52.4. The van der Waals surface area contributed by atoms with Crippen LogP contribution in [-0.2, 0) is 24.2 Å². The number of piperazine rings is 1. The van der Waals surface area contributed by atoms with E-state index in [2.05, 4.69) is 55.4 Å². The molecule has 5 aromatic rings. The van der Waals surface area contributed by atoms with E-state index in [9.17, 15) is 13.2 Å². The van der Waals surface area contributed by atoms with Crippen LogP contribution in [0.3, 0.4) is 0 Å². The van der Waals surface area contributed by atoms with Gasteiger partial charge in [0.2, 0.25) is 11.8 Å². The number of amides is 1. The number of alkyl halides is 1. The molecule has 0 radical (unpaired) electrons. The van der Waals surface area contributed by atoms with Crippen LogP contribution in [0.1, 0.15) is 68.3 Å². The predicted octanol–water partition coefficient (Wildman–Crippen LogP) is 8.70. The number of piperidine rings is 1. The summed E-state index contributed by atoms with van der Waals surface area (Å²) in [5, 5.41) is 1.41. The molecule has 2 N–H and O–H groups in total. The molecule has 7 heterocycles. The smallest absolute Gasteiger partial charge is 0.267 e. The summed E-state index contributed by atoms with van der Waals surface area (Å²) in [6, 6.07) is 18.7. The standard InChI is InChI=1S/C54H65Cl2FN8O8S/c1-53(2)29-43(36-6-8-38(55)9-7-36)44-33-64-20-19-63(32-40(64)34-70-22-5-24-71-48(44)30-53)39-10-11-42(46(27-39)65-16-4-23-72-52-47(65)26-37-12-15-58-49(37)60-52)50(66)61-74(67,68)41-28-45(56)51(59-31-41)73-35-54(57)13-17-62(18-14-54)21-25-69-3/h6-12,15,26-28,31,40,48H,4-5,13-14,16-25,29-30,32-35H2,1-3H3,(H,58,60)(H,61,66)/t40-,48+/m0/s1. The van der Waals surface area contributed by atoms with E-state index in [0.717, 1.165) is 55.7 Å². The van der Waals surface area contributed by atoms with Crippen molar-refractivity contribution in [1.82, 2.24) is 29.5 Å². The summed E-state index contributed by atoms with van der Waals surface area (Å²) in [5.74, 6) is -0.578. The Morgan fingerprint density at radius 3 is 2.59 bits per heavy atom. The number of nitrogens with zero attached hydrogens (tertiary/aromatic N) is 6. The summed E-state index contributed by atoms with van der Waals surface area (Å²) < 4.78 is 76.3. The first-order valence-corrected chi connectivity index (χ1v) is 27.8. The Hall–Kier alpha value is -5.05. The number of methoxy groups -OCH3 is 1. The summed E-state index contributed by atoms with van der Waals surface area (Å²) in [4.78, 5) is 35.3. The fourth-order valence-electron chi connectivity index (χ4n) is 10.9. The molecule has 16 nitrogen and oxygen atoms in total. The monoisotopic (exact) mass is 1070 g/mol. The molecule has 0 unspecified atom stereocenters. The highest BCUT2D eigenvalue weighted by Crippen LogP contribution is 2.46. The number of likely N-dealkylation sites (tertiary alicyclic amines) is 1. The molecule has 5 aliphatic rings. The first-order valence-electron chi connectivity index (χ1n) is 25.6. The number of carbonyl (C=O) groups excluding carboxylic acids is 1. The molecular weight excluding hydrogens is 1010 g/mol. The van der Waals surface area contributed by atoms with Gasteiger partial charge < -0.3 is 43.4 Å². The SMILES string of the molecule is COCCN1CCC(F)(COc2ncc(S(=O)(=O)NC(=O)c3ccc(N4CCN5CC6=C(c7ccc(Cl)cc7)CC(C)(C)C[C@H]6OCCCOC[C@@H]5C4)cc3N3CCCOc4nc5[nH]ccc5cc43)cc2Cl)CC1. The third kappa shape index (κ3) is 11.8. The Balaban J connectivity index is 0.926. The van der Waals surface area contributed by atoms with Crippen LogP contribution in [0.25, 0.3) is 16.6 Å². The summed E-state index contributed by atoms with van der Waals surface area (Å²) in [6.07, 6.45) is 6.56. The van der Waals surface area contributed by atoms with E-state index in [0.29, 0.717) is 107 Å². The van der Waals surface area contributed by atoms with Crippen LogP contribution >= 0.6 is 23.2 Å². The van der Waals surface area contributed by atoms with Gasteiger partial charge in [0.15, 0.2) is 0 Å². The van der Waals surface area contributed by atoms with E-state index in [1.165, 1.54) is 16.7 Å². The van der Waals surface area contributed by atoms with Crippen LogP contribution in [-0.4, -0.2) is 156 Å². The summed E-state index contributed by atoms with van der Waals surface area (Å²) in [7, 11) is -2.91. The molecule has 3 aromatic heterocycles. The third-order valence-corrected chi connectivity index (χ3v) is 16.8. The van der Waals surface area contributed by atoms with Crippen molar-refractivity contribution >= 4 is 72.8 Å². The average Bonchev–Trinajstić information content (AvgIpc) is 3.73. The summed E-state index contributed by atoms with van der Waals surface area (Å²) in [5.41, 5.74) is 4.98. The van der Waals surface area contributed by atoms with Crippen LogP contribution in [0.5, 0.6) is 11.8 Å². The first-order chi connectivity index (χ1) is 35.6. The maximum Gasteiger partial charge on any atom is 0.267 e. The molecule has 20 heteroatoms. The van der Waals surface area contributed by atoms with Gasteiger partial charge in [0.05, 0.1) is 49.4 Å². The molecule has 0 saturated carbocycles. The molecule has 10 rings (SSSR count). The number of anilines is 3. The van der Waals surface area contributed by atoms with Crippen molar-refractivity contribution < 1.29 is 41.3 Å². The van der Waals surface area contributed by atoms with E-state index in [1.54, 1.807) is 19.4 Å². The molecular formula is C54H65Cl2FN8O8S. The zero-order chi connectivity index (χ0) is 51.6. The fourth-order valence-corrected chi connectivity index (χ4v) is 12.2. The highest BCUT2D eigenvalue weighted by molar-refractivity contribution is 7.90. The molecule has 2 atom stereocenters. The zero-order valence-corrected chi connectivity index (χ0v) is 44.5. The lowest BCUT2D eigenvalue weighted by Crippen LogP contribution is -2.56. The molecule has 74 heavy (non-hydrogen) atoms. The number of aromatic nitrogens is 3. The van der Waals surface area contributed by atoms with Gasteiger partial charge in [0.25, 0.3) is 15.9 Å². The third-order valence-electron chi connectivity index (χ3n) is 15.0. The van der Waals surface area contributed by atoms with Crippen LogP contribution in [0.4, 0.5) is 21.5 Å². The van der Waals surface area contributed by atoms with E-state index in [-0.39, 0.29) is 58.4 Å². The van der Waals surface area contributed by atoms with Gasteiger partial charge in [-0.05, 0) is 109 Å². The van der Waals surface area contributed by atoms with Crippen molar-refractivity contribution in [3.05, 3.63) is 99.8 Å². The van der Waals surface area contributed by atoms with Gasteiger partial charge in [0, 0.05) is 95.0 Å². The highest BCUT2D eigenvalue weighted by Gasteiger charge is 2.39. The van der Waals surface area contributed by atoms with Gasteiger partial charge >= 0.3 is 0 Å². The van der Waals surface area contributed by atoms with Crippen molar-refractivity contribution in [2.75, 3.05) is 109 Å². The molecule has 3 fully saturated rings. The number of sulfonamides is 1. The van der Waals surface area contributed by atoms with Gasteiger partial charge in [-0.1, -0.05) is 49.2 Å². The number of hydrogen-bond acceptors (Lipinski definition) is 14. The maximum atomic E-state index is 15.8. The molecule has 0 spiro atoms. The minimum absolute atomic E-state index is 0.0196. The number of fused-ring (bicyclic) bond motifs is 4. The van der Waals surface area contributed by atoms with Crippen molar-refractivity contribution in [3.63, 3.8) is 0 Å².